The second kappa shape index (κ2) is 11.3. The topological polar surface area (TPSA) is 68.2 Å². The number of carbonyl (C=O) groups is 2. The lowest BCUT2D eigenvalue weighted by Gasteiger charge is -2.47. The molecular weight excluding hydrogens is 509 g/mol. The zero-order valence-corrected chi connectivity index (χ0v) is 24.1. The van der Waals surface area contributed by atoms with Gasteiger partial charge in [-0.1, -0.05) is 50.5 Å². The van der Waals surface area contributed by atoms with Gasteiger partial charge in [0.05, 0.1) is 4.75 Å². The predicted molar refractivity (Wildman–Crippen MR) is 140 cm³/mol. The van der Waals surface area contributed by atoms with Crippen LogP contribution in [0.4, 0.5) is 18.0 Å². The van der Waals surface area contributed by atoms with E-state index in [9.17, 15) is 22.8 Å². The number of nitrogens with zero attached hydrogens (tertiary/aromatic N) is 2. The van der Waals surface area contributed by atoms with Crippen LogP contribution in [0.15, 0.2) is 23.2 Å². The summed E-state index contributed by atoms with van der Waals surface area (Å²) in [5, 5.41) is -0.0636. The molecule has 1 amide bonds. The summed E-state index contributed by atoms with van der Waals surface area (Å²) in [5.74, 6) is -3.29. The number of halogens is 3. The van der Waals surface area contributed by atoms with Crippen LogP contribution in [0.3, 0.4) is 0 Å². The second-order valence-electron chi connectivity index (χ2n) is 11.4. The Balaban J connectivity index is 2.64. The first kappa shape index (κ1) is 30.4. The number of rotatable bonds is 8. The number of aliphatic imine (C=N–C) groups is 1. The number of hydrogen-bond donors (Lipinski definition) is 0. The first-order chi connectivity index (χ1) is 16.5. The first-order valence-corrected chi connectivity index (χ1v) is 16.4. The standard InChI is InChI=1S/C25H37F3N2O4SSi/c1-17-24(5,15-31)35-21(29-25(17,14-26)18-10-9-11-19(27)20(18)28)30(22(32)34-23(2,3)4)16-33-12-13-36(6,7)8/h9-11,15,17H,12-14,16H2,1-8H3/t17-,24-,25+/m1/s1. The molecule has 0 fully saturated rings. The molecule has 0 radical (unpaired) electrons. The van der Waals surface area contributed by atoms with E-state index in [2.05, 4.69) is 24.6 Å². The lowest BCUT2D eigenvalue weighted by molar-refractivity contribution is -0.111. The van der Waals surface area contributed by atoms with Crippen molar-refractivity contribution in [3.8, 4) is 0 Å². The van der Waals surface area contributed by atoms with Crippen molar-refractivity contribution in [1.29, 1.82) is 0 Å². The minimum absolute atomic E-state index is 0.0636. The number of benzene rings is 1. The van der Waals surface area contributed by atoms with Gasteiger partial charge in [0.15, 0.2) is 16.8 Å². The molecule has 0 N–H and O–H groups in total. The summed E-state index contributed by atoms with van der Waals surface area (Å²) in [6.07, 6.45) is -0.185. The van der Waals surface area contributed by atoms with Crippen molar-refractivity contribution in [2.24, 2.45) is 10.9 Å². The van der Waals surface area contributed by atoms with E-state index in [-0.39, 0.29) is 17.5 Å². The first-order valence-electron chi connectivity index (χ1n) is 11.8. The van der Waals surface area contributed by atoms with Gasteiger partial charge in [-0.25, -0.2) is 27.9 Å². The van der Waals surface area contributed by atoms with Crippen LogP contribution < -0.4 is 0 Å². The molecule has 6 nitrogen and oxygen atoms in total. The number of hydrogen-bond acceptors (Lipinski definition) is 6. The van der Waals surface area contributed by atoms with Crippen LogP contribution >= 0.6 is 11.8 Å². The highest BCUT2D eigenvalue weighted by atomic mass is 32.2. The molecule has 0 saturated carbocycles. The number of amidine groups is 1. The Hall–Kier alpha value is -1.85. The van der Waals surface area contributed by atoms with E-state index in [1.54, 1.807) is 34.6 Å². The SMILES string of the molecule is C[C@@H]1[C@@](C)(C=O)SC(N(COCC[Si](C)(C)C)C(=O)OC(C)(C)C)=N[C@]1(CF)c1cccc(F)c1F. The van der Waals surface area contributed by atoms with Gasteiger partial charge < -0.3 is 14.3 Å². The van der Waals surface area contributed by atoms with Gasteiger partial charge in [0.2, 0.25) is 0 Å². The van der Waals surface area contributed by atoms with E-state index in [1.807, 2.05) is 0 Å². The number of thioether (sulfide) groups is 1. The molecule has 0 aromatic heterocycles. The summed E-state index contributed by atoms with van der Waals surface area (Å²) in [4.78, 5) is 31.1. The van der Waals surface area contributed by atoms with E-state index in [0.29, 0.717) is 12.9 Å². The van der Waals surface area contributed by atoms with Crippen LogP contribution in [0.25, 0.3) is 0 Å². The van der Waals surface area contributed by atoms with Crippen LogP contribution in [0, 0.1) is 17.6 Å². The summed E-state index contributed by atoms with van der Waals surface area (Å²) >= 11 is 0.943. The minimum atomic E-state index is -1.96. The van der Waals surface area contributed by atoms with Crippen LogP contribution in [0.1, 0.15) is 40.2 Å². The Morgan fingerprint density at radius 2 is 1.92 bits per heavy atom. The molecule has 0 unspecified atom stereocenters. The maximum Gasteiger partial charge on any atom is 0.418 e. The Labute approximate surface area is 217 Å². The maximum atomic E-state index is 15.0. The Morgan fingerprint density at radius 3 is 2.44 bits per heavy atom. The molecule has 0 saturated heterocycles. The highest BCUT2D eigenvalue weighted by molar-refractivity contribution is 8.15. The van der Waals surface area contributed by atoms with Gasteiger partial charge in [0.1, 0.15) is 30.8 Å². The average molecular weight is 547 g/mol. The second-order valence-corrected chi connectivity index (χ2v) is 18.5. The van der Waals surface area contributed by atoms with Crippen molar-refractivity contribution < 1.29 is 32.2 Å². The molecule has 1 aromatic rings. The molecule has 202 valence electrons. The third-order valence-electron chi connectivity index (χ3n) is 6.10. The van der Waals surface area contributed by atoms with Gasteiger partial charge >= 0.3 is 6.09 Å². The van der Waals surface area contributed by atoms with Gasteiger partial charge in [0.25, 0.3) is 0 Å². The molecule has 1 aromatic carbocycles. The third kappa shape index (κ3) is 6.92. The van der Waals surface area contributed by atoms with Crippen molar-refractivity contribution in [2.75, 3.05) is 20.0 Å². The average Bonchev–Trinajstić information content (AvgIpc) is 2.76. The van der Waals surface area contributed by atoms with Crippen molar-refractivity contribution in [3.63, 3.8) is 0 Å². The predicted octanol–water partition coefficient (Wildman–Crippen LogP) is 6.38. The van der Waals surface area contributed by atoms with E-state index in [1.165, 1.54) is 12.1 Å². The highest BCUT2D eigenvalue weighted by Gasteiger charge is 2.55. The fourth-order valence-corrected chi connectivity index (χ4v) is 5.69. The van der Waals surface area contributed by atoms with Crippen molar-refractivity contribution in [2.45, 2.75) is 76.2 Å². The minimum Gasteiger partial charge on any atom is -0.443 e. The Kier molecular flexibility index (Phi) is 9.50. The summed E-state index contributed by atoms with van der Waals surface area (Å²) in [5.41, 5.74) is -3.14. The Bertz CT molecular complexity index is 998. The molecule has 0 spiro atoms. The summed E-state index contributed by atoms with van der Waals surface area (Å²) in [7, 11) is -1.42. The Morgan fingerprint density at radius 1 is 1.28 bits per heavy atom. The van der Waals surface area contributed by atoms with Crippen molar-refractivity contribution in [1.82, 2.24) is 4.90 Å². The van der Waals surface area contributed by atoms with Crippen LogP contribution in [0.5, 0.6) is 0 Å². The summed E-state index contributed by atoms with van der Waals surface area (Å²) in [6, 6.07) is 4.27. The van der Waals surface area contributed by atoms with Gasteiger partial charge in [-0.3, -0.25) is 0 Å². The van der Waals surface area contributed by atoms with E-state index >= 15 is 0 Å². The molecule has 11 heteroatoms. The zero-order chi connectivity index (χ0) is 27.5. The molecule has 3 atom stereocenters. The summed E-state index contributed by atoms with van der Waals surface area (Å²) in [6.45, 7) is 13.6. The zero-order valence-electron chi connectivity index (χ0n) is 22.3. The number of alkyl halides is 1. The van der Waals surface area contributed by atoms with E-state index < -0.39 is 54.3 Å². The van der Waals surface area contributed by atoms with Crippen molar-refractivity contribution >= 4 is 37.4 Å². The van der Waals surface area contributed by atoms with Crippen LogP contribution in [-0.4, -0.2) is 60.9 Å². The van der Waals surface area contributed by atoms with Gasteiger partial charge in [-0.05, 0) is 39.8 Å². The normalized spacial score (nSPS) is 24.8. The molecule has 1 heterocycles. The number of carbonyl (C=O) groups excluding carboxylic acids is 2. The maximum absolute atomic E-state index is 15.0. The quantitative estimate of drug-likeness (QED) is 0.164. The highest BCUT2D eigenvalue weighted by Crippen LogP contribution is 2.51. The number of amides is 1. The van der Waals surface area contributed by atoms with Crippen LogP contribution in [0.2, 0.25) is 25.7 Å². The van der Waals surface area contributed by atoms with E-state index in [4.69, 9.17) is 9.47 Å². The van der Waals surface area contributed by atoms with Gasteiger partial charge in [0, 0.05) is 26.2 Å². The largest absolute Gasteiger partial charge is 0.443 e. The molecule has 1 aliphatic rings. The fraction of sp³-hybridized carbons (Fsp3) is 0.640. The third-order valence-corrected chi connectivity index (χ3v) is 9.19. The van der Waals surface area contributed by atoms with Crippen LogP contribution in [-0.2, 0) is 19.8 Å². The smallest absolute Gasteiger partial charge is 0.418 e. The molecular formula is C25H37F3N2O4SSi. The monoisotopic (exact) mass is 546 g/mol. The lowest BCUT2D eigenvalue weighted by atomic mass is 9.73. The molecule has 36 heavy (non-hydrogen) atoms. The lowest BCUT2D eigenvalue weighted by Crippen LogP contribution is -2.54. The van der Waals surface area contributed by atoms with Crippen molar-refractivity contribution in [3.05, 3.63) is 35.4 Å². The molecule has 0 bridgehead atoms. The van der Waals surface area contributed by atoms with E-state index in [0.717, 1.165) is 28.8 Å². The summed E-state index contributed by atoms with van der Waals surface area (Å²) < 4.78 is 54.1. The number of aldehydes is 1. The van der Waals surface area contributed by atoms with Gasteiger partial charge in [-0.15, -0.1) is 0 Å². The molecule has 0 aliphatic carbocycles. The van der Waals surface area contributed by atoms with Gasteiger partial charge in [-0.2, -0.15) is 0 Å². The fourth-order valence-electron chi connectivity index (χ4n) is 3.68. The molecule has 1 aliphatic heterocycles. The number of ether oxygens (including phenoxy) is 2. The molecule has 2 rings (SSSR count).